The van der Waals surface area contributed by atoms with Crippen LogP contribution in [0.1, 0.15) is 55.4 Å². The summed E-state index contributed by atoms with van der Waals surface area (Å²) in [6.45, 7) is 3.14. The molecule has 2 aliphatic rings. The number of carbonyl (C=O) groups is 2. The zero-order valence-electron chi connectivity index (χ0n) is 19.9. The van der Waals surface area contributed by atoms with Gasteiger partial charge in [0.25, 0.3) is 0 Å². The number of nitrogens with zero attached hydrogens (tertiary/aromatic N) is 2. The molecular weight excluding hydrogens is 449 g/mol. The van der Waals surface area contributed by atoms with Crippen molar-refractivity contribution in [1.29, 1.82) is 0 Å². The standard InChI is InChI=1S/C27H36FN3O2S/c28-23-10-8-21(9-11-23)19-31(24-5-2-1-3-6-24)26(32)20-30-16-13-22(14-17-30)27(33)29-15-12-25-7-4-18-34-25/h4,7-11,18,22,24H,1-3,5-6,12-17,19-20H2,(H,29,33). The average molecular weight is 486 g/mol. The number of likely N-dealkylation sites (tertiary alicyclic amines) is 1. The van der Waals surface area contributed by atoms with Crippen molar-refractivity contribution in [3.8, 4) is 0 Å². The molecule has 1 aromatic heterocycles. The first-order valence-corrected chi connectivity index (χ1v) is 13.5. The molecule has 2 fully saturated rings. The molecule has 1 aliphatic carbocycles. The van der Waals surface area contributed by atoms with Gasteiger partial charge in [0.1, 0.15) is 5.82 Å². The monoisotopic (exact) mass is 485 g/mol. The van der Waals surface area contributed by atoms with E-state index in [0.29, 0.717) is 19.6 Å². The molecule has 0 atom stereocenters. The van der Waals surface area contributed by atoms with Crippen LogP contribution in [0.2, 0.25) is 0 Å². The molecular formula is C27H36FN3O2S. The van der Waals surface area contributed by atoms with E-state index in [1.165, 1.54) is 23.4 Å². The maximum atomic E-state index is 13.4. The predicted octanol–water partition coefficient (Wildman–Crippen LogP) is 4.62. The lowest BCUT2D eigenvalue weighted by atomic mass is 9.93. The van der Waals surface area contributed by atoms with Crippen LogP contribution in [-0.4, -0.2) is 53.8 Å². The number of amides is 2. The Balaban J connectivity index is 1.26. The number of hydrogen-bond donors (Lipinski definition) is 1. The van der Waals surface area contributed by atoms with Crippen LogP contribution in [0.5, 0.6) is 0 Å². The van der Waals surface area contributed by atoms with Gasteiger partial charge in [-0.2, -0.15) is 0 Å². The van der Waals surface area contributed by atoms with Crippen LogP contribution in [0.15, 0.2) is 41.8 Å². The van der Waals surface area contributed by atoms with Crippen LogP contribution >= 0.6 is 11.3 Å². The number of piperidine rings is 1. The van der Waals surface area contributed by atoms with E-state index in [1.54, 1.807) is 23.5 Å². The maximum absolute atomic E-state index is 13.4. The van der Waals surface area contributed by atoms with E-state index in [9.17, 15) is 14.0 Å². The Morgan fingerprint density at radius 3 is 2.44 bits per heavy atom. The highest BCUT2D eigenvalue weighted by Crippen LogP contribution is 2.25. The normalized spacial score (nSPS) is 18.0. The second-order valence-corrected chi connectivity index (χ2v) is 10.6. The van der Waals surface area contributed by atoms with Gasteiger partial charge in [0.15, 0.2) is 0 Å². The number of thiophene rings is 1. The molecule has 0 spiro atoms. The van der Waals surface area contributed by atoms with E-state index in [2.05, 4.69) is 21.7 Å². The third-order valence-corrected chi connectivity index (χ3v) is 8.11. The number of benzene rings is 1. The van der Waals surface area contributed by atoms with E-state index in [4.69, 9.17) is 0 Å². The fourth-order valence-electron chi connectivity index (χ4n) is 5.14. The lowest BCUT2D eigenvalue weighted by Crippen LogP contribution is -2.48. The summed E-state index contributed by atoms with van der Waals surface area (Å²) in [7, 11) is 0. The summed E-state index contributed by atoms with van der Waals surface area (Å²) in [5.74, 6) is 0.0684. The molecule has 0 unspecified atom stereocenters. The molecule has 2 aromatic rings. The molecule has 5 nitrogen and oxygen atoms in total. The molecule has 1 aliphatic heterocycles. The van der Waals surface area contributed by atoms with Crippen molar-refractivity contribution in [2.75, 3.05) is 26.2 Å². The molecule has 1 aromatic carbocycles. The van der Waals surface area contributed by atoms with Gasteiger partial charge in [-0.15, -0.1) is 11.3 Å². The Morgan fingerprint density at radius 2 is 1.76 bits per heavy atom. The third-order valence-electron chi connectivity index (χ3n) is 7.17. The van der Waals surface area contributed by atoms with E-state index in [0.717, 1.165) is 63.6 Å². The van der Waals surface area contributed by atoms with Crippen LogP contribution in [0, 0.1) is 11.7 Å². The number of nitrogens with one attached hydrogen (secondary N) is 1. The molecule has 2 amide bonds. The van der Waals surface area contributed by atoms with E-state index in [1.807, 2.05) is 11.0 Å². The largest absolute Gasteiger partial charge is 0.355 e. The number of hydrogen-bond acceptors (Lipinski definition) is 4. The zero-order valence-corrected chi connectivity index (χ0v) is 20.7. The topological polar surface area (TPSA) is 52.7 Å². The molecule has 2 heterocycles. The predicted molar refractivity (Wildman–Crippen MR) is 134 cm³/mol. The fraction of sp³-hybridized carbons (Fsp3) is 0.556. The van der Waals surface area contributed by atoms with Crippen molar-refractivity contribution in [2.45, 2.75) is 64.0 Å². The summed E-state index contributed by atoms with van der Waals surface area (Å²) >= 11 is 1.72. The summed E-state index contributed by atoms with van der Waals surface area (Å²) in [6.07, 6.45) is 8.09. The van der Waals surface area contributed by atoms with Gasteiger partial charge in [0, 0.05) is 29.9 Å². The summed E-state index contributed by atoms with van der Waals surface area (Å²) in [6, 6.07) is 10.9. The Bertz CT molecular complexity index is 904. The molecule has 0 bridgehead atoms. The van der Waals surface area contributed by atoms with Crippen molar-refractivity contribution in [2.24, 2.45) is 5.92 Å². The first-order chi connectivity index (χ1) is 16.6. The highest BCUT2D eigenvalue weighted by atomic mass is 32.1. The SMILES string of the molecule is O=C(NCCc1cccs1)C1CCN(CC(=O)N(Cc2ccc(F)cc2)C2CCCCC2)CC1. The van der Waals surface area contributed by atoms with Gasteiger partial charge in [-0.1, -0.05) is 37.5 Å². The Labute approximate surface area is 206 Å². The lowest BCUT2D eigenvalue weighted by Gasteiger charge is -2.37. The van der Waals surface area contributed by atoms with Crippen molar-refractivity contribution < 1.29 is 14.0 Å². The molecule has 1 saturated carbocycles. The van der Waals surface area contributed by atoms with E-state index < -0.39 is 0 Å². The van der Waals surface area contributed by atoms with Gasteiger partial charge in [0.05, 0.1) is 6.54 Å². The maximum Gasteiger partial charge on any atom is 0.237 e. The minimum atomic E-state index is -0.252. The number of halogens is 1. The molecule has 184 valence electrons. The first kappa shape index (κ1) is 24.9. The van der Waals surface area contributed by atoms with Gasteiger partial charge in [-0.3, -0.25) is 14.5 Å². The Hall–Kier alpha value is -2.25. The minimum absolute atomic E-state index is 0.0309. The highest BCUT2D eigenvalue weighted by Gasteiger charge is 2.30. The van der Waals surface area contributed by atoms with Gasteiger partial charge < -0.3 is 10.2 Å². The number of carbonyl (C=O) groups excluding carboxylic acids is 2. The lowest BCUT2D eigenvalue weighted by molar-refractivity contribution is -0.136. The molecule has 7 heteroatoms. The molecule has 1 saturated heterocycles. The second-order valence-electron chi connectivity index (χ2n) is 9.61. The first-order valence-electron chi connectivity index (χ1n) is 12.6. The summed E-state index contributed by atoms with van der Waals surface area (Å²) < 4.78 is 13.4. The molecule has 0 radical (unpaired) electrons. The van der Waals surface area contributed by atoms with Crippen LogP contribution in [0.3, 0.4) is 0 Å². The van der Waals surface area contributed by atoms with Crippen molar-refractivity contribution in [1.82, 2.24) is 15.1 Å². The quantitative estimate of drug-likeness (QED) is 0.564. The zero-order chi connectivity index (χ0) is 23.8. The Morgan fingerprint density at radius 1 is 1.03 bits per heavy atom. The smallest absolute Gasteiger partial charge is 0.237 e. The van der Waals surface area contributed by atoms with Crippen LogP contribution < -0.4 is 5.32 Å². The van der Waals surface area contributed by atoms with Gasteiger partial charge >= 0.3 is 0 Å². The van der Waals surface area contributed by atoms with E-state index >= 15 is 0 Å². The van der Waals surface area contributed by atoms with Gasteiger partial charge in [0.2, 0.25) is 11.8 Å². The highest BCUT2D eigenvalue weighted by molar-refractivity contribution is 7.09. The third kappa shape index (κ3) is 7.12. The van der Waals surface area contributed by atoms with Crippen molar-refractivity contribution >= 4 is 23.2 Å². The molecule has 34 heavy (non-hydrogen) atoms. The molecule has 1 N–H and O–H groups in total. The Kier molecular flexibility index (Phi) is 9.11. The number of rotatable bonds is 9. The van der Waals surface area contributed by atoms with Gasteiger partial charge in [-0.25, -0.2) is 4.39 Å². The van der Waals surface area contributed by atoms with Crippen molar-refractivity contribution in [3.05, 3.63) is 58.0 Å². The van der Waals surface area contributed by atoms with Crippen LogP contribution in [0.4, 0.5) is 4.39 Å². The summed E-state index contributed by atoms with van der Waals surface area (Å²) in [5.41, 5.74) is 0.971. The summed E-state index contributed by atoms with van der Waals surface area (Å²) in [5, 5.41) is 5.14. The fourth-order valence-corrected chi connectivity index (χ4v) is 5.85. The van der Waals surface area contributed by atoms with Gasteiger partial charge in [-0.05, 0) is 74.3 Å². The average Bonchev–Trinajstić information content (AvgIpc) is 3.38. The van der Waals surface area contributed by atoms with Crippen LogP contribution in [-0.2, 0) is 22.6 Å². The summed E-state index contributed by atoms with van der Waals surface area (Å²) in [4.78, 5) is 31.5. The molecule has 4 rings (SSSR count). The second kappa shape index (κ2) is 12.5. The minimum Gasteiger partial charge on any atom is -0.355 e. The van der Waals surface area contributed by atoms with Crippen LogP contribution in [0.25, 0.3) is 0 Å². The van der Waals surface area contributed by atoms with E-state index in [-0.39, 0.29) is 29.6 Å². The van der Waals surface area contributed by atoms with Crippen molar-refractivity contribution in [3.63, 3.8) is 0 Å².